The lowest BCUT2D eigenvalue weighted by atomic mass is 10.1. The maximum atomic E-state index is 13.3. The lowest BCUT2D eigenvalue weighted by Crippen LogP contribution is -2.30. The number of hydrogen-bond donors (Lipinski definition) is 2. The third kappa shape index (κ3) is 4.33. The molecule has 2 aromatic carbocycles. The van der Waals surface area contributed by atoms with Gasteiger partial charge in [-0.05, 0) is 48.9 Å². The third-order valence-electron chi connectivity index (χ3n) is 4.90. The molecular formula is C21H24FN3O3S. The Labute approximate surface area is 169 Å². The van der Waals surface area contributed by atoms with Gasteiger partial charge in [-0.3, -0.25) is 4.79 Å². The van der Waals surface area contributed by atoms with E-state index in [-0.39, 0.29) is 22.7 Å². The van der Waals surface area contributed by atoms with Gasteiger partial charge in [0.15, 0.2) is 0 Å². The van der Waals surface area contributed by atoms with Crippen molar-refractivity contribution in [3.63, 3.8) is 0 Å². The van der Waals surface area contributed by atoms with Crippen LogP contribution in [0, 0.1) is 5.82 Å². The van der Waals surface area contributed by atoms with Gasteiger partial charge in [0.05, 0.1) is 10.9 Å². The summed E-state index contributed by atoms with van der Waals surface area (Å²) in [6.07, 6.45) is 0. The molecule has 154 valence electrons. The lowest BCUT2D eigenvalue weighted by Gasteiger charge is -2.19. The summed E-state index contributed by atoms with van der Waals surface area (Å²) in [5, 5.41) is 3.49. The van der Waals surface area contributed by atoms with Gasteiger partial charge in [-0.25, -0.2) is 12.8 Å². The average Bonchev–Trinajstić information content (AvgIpc) is 3.12. The Bertz CT molecular complexity index is 1120. The van der Waals surface area contributed by atoms with Crippen LogP contribution in [-0.2, 0) is 10.0 Å². The number of nitrogens with zero attached hydrogens (tertiary/aromatic N) is 1. The quantitative estimate of drug-likeness (QED) is 0.613. The highest BCUT2D eigenvalue weighted by atomic mass is 32.2. The summed E-state index contributed by atoms with van der Waals surface area (Å²) < 4.78 is 39.9. The van der Waals surface area contributed by atoms with E-state index in [1.54, 1.807) is 50.2 Å². The van der Waals surface area contributed by atoms with Gasteiger partial charge in [-0.1, -0.05) is 26.0 Å². The molecule has 0 saturated carbocycles. The van der Waals surface area contributed by atoms with Crippen molar-refractivity contribution in [2.24, 2.45) is 0 Å². The molecule has 0 spiro atoms. The summed E-state index contributed by atoms with van der Waals surface area (Å²) in [6, 6.07) is 12.0. The molecule has 0 saturated heterocycles. The fourth-order valence-electron chi connectivity index (χ4n) is 3.22. The molecule has 0 radical (unpaired) electrons. The number of hydrogen-bond acceptors (Lipinski definition) is 3. The van der Waals surface area contributed by atoms with E-state index < -0.39 is 10.0 Å². The smallest absolute Gasteiger partial charge is 0.268 e. The van der Waals surface area contributed by atoms with E-state index in [0.717, 1.165) is 5.56 Å². The average molecular weight is 418 g/mol. The Kier molecular flexibility index (Phi) is 6.04. The normalized spacial score (nSPS) is 13.0. The van der Waals surface area contributed by atoms with Crippen molar-refractivity contribution in [2.75, 3.05) is 13.1 Å². The van der Waals surface area contributed by atoms with Gasteiger partial charge in [-0.15, -0.1) is 0 Å². The van der Waals surface area contributed by atoms with Gasteiger partial charge < -0.3 is 10.3 Å². The zero-order valence-corrected chi connectivity index (χ0v) is 17.4. The standard InChI is InChI=1S/C21H24FN3O3S/c1-4-25(5-2)29(27,28)18-9-6-15(7-10-18)14(3)23-21(26)20-13-16-12-17(22)8-11-19(16)24-20/h6-14,24H,4-5H2,1-3H3,(H,23,26). The van der Waals surface area contributed by atoms with Crippen molar-refractivity contribution in [2.45, 2.75) is 31.7 Å². The van der Waals surface area contributed by atoms with E-state index in [9.17, 15) is 17.6 Å². The molecule has 8 heteroatoms. The molecule has 1 atom stereocenters. The summed E-state index contributed by atoms with van der Waals surface area (Å²) in [4.78, 5) is 15.7. The molecule has 1 unspecified atom stereocenters. The zero-order chi connectivity index (χ0) is 21.2. The van der Waals surface area contributed by atoms with E-state index in [0.29, 0.717) is 29.7 Å². The third-order valence-corrected chi connectivity index (χ3v) is 6.96. The molecule has 0 aliphatic rings. The van der Waals surface area contributed by atoms with Gasteiger partial charge in [-0.2, -0.15) is 4.31 Å². The number of benzene rings is 2. The van der Waals surface area contributed by atoms with Crippen molar-refractivity contribution in [3.05, 3.63) is 65.6 Å². The Balaban J connectivity index is 1.74. The summed E-state index contributed by atoms with van der Waals surface area (Å²) in [6.45, 7) is 6.22. The van der Waals surface area contributed by atoms with Gasteiger partial charge in [0.2, 0.25) is 10.0 Å². The highest BCUT2D eigenvalue weighted by Crippen LogP contribution is 2.21. The van der Waals surface area contributed by atoms with E-state index in [1.165, 1.54) is 16.4 Å². The van der Waals surface area contributed by atoms with Crippen molar-refractivity contribution >= 4 is 26.8 Å². The summed E-state index contributed by atoms with van der Waals surface area (Å²) in [7, 11) is -3.52. The zero-order valence-electron chi connectivity index (χ0n) is 16.6. The van der Waals surface area contributed by atoms with Crippen LogP contribution in [0.1, 0.15) is 42.9 Å². The first-order valence-electron chi connectivity index (χ1n) is 9.45. The van der Waals surface area contributed by atoms with Gasteiger partial charge in [0.25, 0.3) is 5.91 Å². The predicted octanol–water partition coefficient (Wildman–Crippen LogP) is 3.83. The molecular weight excluding hydrogens is 393 g/mol. The topological polar surface area (TPSA) is 82.3 Å². The first-order chi connectivity index (χ1) is 13.8. The molecule has 0 fully saturated rings. The summed E-state index contributed by atoms with van der Waals surface area (Å²) in [5.41, 5.74) is 1.78. The number of fused-ring (bicyclic) bond motifs is 1. The number of aromatic nitrogens is 1. The Morgan fingerprint density at radius 1 is 1.10 bits per heavy atom. The van der Waals surface area contributed by atoms with Gasteiger partial charge in [0.1, 0.15) is 11.5 Å². The molecule has 3 aromatic rings. The van der Waals surface area contributed by atoms with E-state index in [1.807, 2.05) is 6.92 Å². The monoisotopic (exact) mass is 417 g/mol. The SMILES string of the molecule is CCN(CC)S(=O)(=O)c1ccc(C(C)NC(=O)c2cc3cc(F)ccc3[nH]2)cc1. The van der Waals surface area contributed by atoms with Crippen LogP contribution in [0.4, 0.5) is 4.39 Å². The molecule has 1 amide bonds. The number of rotatable bonds is 7. The Morgan fingerprint density at radius 3 is 2.38 bits per heavy atom. The first kappa shape index (κ1) is 21.0. The minimum Gasteiger partial charge on any atom is -0.351 e. The van der Waals surface area contributed by atoms with Crippen LogP contribution < -0.4 is 5.32 Å². The number of aromatic amines is 1. The number of carbonyl (C=O) groups excluding carboxylic acids is 1. The van der Waals surface area contributed by atoms with Crippen molar-refractivity contribution in [1.82, 2.24) is 14.6 Å². The van der Waals surface area contributed by atoms with Crippen LogP contribution in [0.15, 0.2) is 53.4 Å². The van der Waals surface area contributed by atoms with Crippen molar-refractivity contribution in [1.29, 1.82) is 0 Å². The summed E-state index contributed by atoms with van der Waals surface area (Å²) >= 11 is 0. The Hall–Kier alpha value is -2.71. The largest absolute Gasteiger partial charge is 0.351 e. The molecule has 1 aromatic heterocycles. The second-order valence-electron chi connectivity index (χ2n) is 6.77. The number of halogens is 1. The number of carbonyl (C=O) groups is 1. The Morgan fingerprint density at radius 2 is 1.76 bits per heavy atom. The molecule has 6 nitrogen and oxygen atoms in total. The fourth-order valence-corrected chi connectivity index (χ4v) is 4.68. The van der Waals surface area contributed by atoms with Crippen LogP contribution in [0.2, 0.25) is 0 Å². The number of sulfonamides is 1. The first-order valence-corrected chi connectivity index (χ1v) is 10.9. The number of H-pyrrole nitrogens is 1. The molecule has 0 bridgehead atoms. The fraction of sp³-hybridized carbons (Fsp3) is 0.286. The van der Waals surface area contributed by atoms with Crippen LogP contribution in [0.5, 0.6) is 0 Å². The highest BCUT2D eigenvalue weighted by molar-refractivity contribution is 7.89. The molecule has 1 heterocycles. The van der Waals surface area contributed by atoms with Gasteiger partial charge in [0, 0.05) is 24.0 Å². The maximum absolute atomic E-state index is 13.3. The van der Waals surface area contributed by atoms with Crippen LogP contribution in [-0.4, -0.2) is 36.7 Å². The second kappa shape index (κ2) is 8.34. The highest BCUT2D eigenvalue weighted by Gasteiger charge is 2.22. The minimum atomic E-state index is -3.52. The number of nitrogens with one attached hydrogen (secondary N) is 2. The minimum absolute atomic E-state index is 0.223. The molecule has 29 heavy (non-hydrogen) atoms. The molecule has 0 aliphatic heterocycles. The molecule has 2 N–H and O–H groups in total. The van der Waals surface area contributed by atoms with E-state index in [2.05, 4.69) is 10.3 Å². The van der Waals surface area contributed by atoms with E-state index >= 15 is 0 Å². The van der Waals surface area contributed by atoms with Crippen LogP contribution in [0.25, 0.3) is 10.9 Å². The van der Waals surface area contributed by atoms with Crippen LogP contribution in [0.3, 0.4) is 0 Å². The van der Waals surface area contributed by atoms with Crippen LogP contribution >= 0.6 is 0 Å². The molecule has 3 rings (SSSR count). The second-order valence-corrected chi connectivity index (χ2v) is 8.71. The van der Waals surface area contributed by atoms with Gasteiger partial charge >= 0.3 is 0 Å². The predicted molar refractivity (Wildman–Crippen MR) is 111 cm³/mol. The van der Waals surface area contributed by atoms with Crippen molar-refractivity contribution in [3.8, 4) is 0 Å². The molecule has 0 aliphatic carbocycles. The lowest BCUT2D eigenvalue weighted by molar-refractivity contribution is 0.0935. The van der Waals surface area contributed by atoms with Crippen molar-refractivity contribution < 1.29 is 17.6 Å². The summed E-state index contributed by atoms with van der Waals surface area (Å²) in [5.74, 6) is -0.689. The van der Waals surface area contributed by atoms with E-state index in [4.69, 9.17) is 0 Å². The maximum Gasteiger partial charge on any atom is 0.268 e. The number of amides is 1.